The van der Waals surface area contributed by atoms with Gasteiger partial charge in [-0.1, -0.05) is 60.8 Å². The van der Waals surface area contributed by atoms with Gasteiger partial charge in [-0.2, -0.15) is 0 Å². The SMILES string of the molecule is CCCCNC(=O)C(C)N(Cc1ccc(Cl)c(Cl)c1)C(=O)CN(c1ccccc1)S(=O)(=O)c1ccc(OCC)cc1. The lowest BCUT2D eigenvalue weighted by Gasteiger charge is -2.32. The van der Waals surface area contributed by atoms with Gasteiger partial charge in [0.2, 0.25) is 11.8 Å². The first-order chi connectivity index (χ1) is 19.6. The number of nitrogens with one attached hydrogen (secondary N) is 1. The second-order valence-corrected chi connectivity index (χ2v) is 12.0. The second kappa shape index (κ2) is 15.1. The summed E-state index contributed by atoms with van der Waals surface area (Å²) in [6.45, 7) is 5.86. The van der Waals surface area contributed by atoms with Gasteiger partial charge in [-0.3, -0.25) is 13.9 Å². The summed E-state index contributed by atoms with van der Waals surface area (Å²) in [5, 5.41) is 3.52. The summed E-state index contributed by atoms with van der Waals surface area (Å²) in [7, 11) is -4.17. The molecule has 1 unspecified atom stereocenters. The zero-order valence-electron chi connectivity index (χ0n) is 23.3. The molecule has 11 heteroatoms. The molecule has 0 fully saturated rings. The predicted octanol–water partition coefficient (Wildman–Crippen LogP) is 5.92. The Hall–Kier alpha value is -3.27. The maximum absolute atomic E-state index is 13.9. The lowest BCUT2D eigenvalue weighted by atomic mass is 10.1. The van der Waals surface area contributed by atoms with E-state index in [1.165, 1.54) is 17.0 Å². The molecule has 0 aliphatic rings. The van der Waals surface area contributed by atoms with Gasteiger partial charge >= 0.3 is 0 Å². The summed E-state index contributed by atoms with van der Waals surface area (Å²) >= 11 is 12.3. The van der Waals surface area contributed by atoms with E-state index >= 15 is 0 Å². The van der Waals surface area contributed by atoms with Gasteiger partial charge in [-0.15, -0.1) is 0 Å². The molecule has 0 heterocycles. The van der Waals surface area contributed by atoms with Crippen molar-refractivity contribution < 1.29 is 22.7 Å². The molecule has 0 aromatic heterocycles. The molecular weight excluding hydrogens is 585 g/mol. The monoisotopic (exact) mass is 619 g/mol. The number of anilines is 1. The van der Waals surface area contributed by atoms with E-state index in [4.69, 9.17) is 27.9 Å². The van der Waals surface area contributed by atoms with Crippen LogP contribution in [0, 0.1) is 0 Å². The molecule has 0 saturated heterocycles. The molecule has 0 saturated carbocycles. The number of carbonyl (C=O) groups excluding carboxylic acids is 2. The number of unbranched alkanes of at least 4 members (excludes halogenated alkanes) is 1. The Kier molecular flexibility index (Phi) is 11.9. The third-order valence-corrected chi connectivity index (χ3v) is 8.91. The average molecular weight is 621 g/mol. The highest BCUT2D eigenvalue weighted by atomic mass is 35.5. The second-order valence-electron chi connectivity index (χ2n) is 9.34. The third-order valence-electron chi connectivity index (χ3n) is 6.38. The molecule has 2 amide bonds. The number of sulfonamides is 1. The van der Waals surface area contributed by atoms with Crippen molar-refractivity contribution in [1.29, 1.82) is 0 Å². The standard InChI is InChI=1S/C30H35Cl2N3O5S/c1-4-6-18-33-30(37)22(3)34(20-23-12-17-27(31)28(32)19-23)29(36)21-35(24-10-8-7-9-11-24)41(38,39)26-15-13-25(14-16-26)40-5-2/h7-17,19,22H,4-6,18,20-21H2,1-3H3,(H,33,37). The summed E-state index contributed by atoms with van der Waals surface area (Å²) in [4.78, 5) is 28.3. The van der Waals surface area contributed by atoms with E-state index in [9.17, 15) is 18.0 Å². The van der Waals surface area contributed by atoms with Crippen molar-refractivity contribution in [2.24, 2.45) is 0 Å². The van der Waals surface area contributed by atoms with Gasteiger partial charge in [-0.25, -0.2) is 8.42 Å². The van der Waals surface area contributed by atoms with Crippen LogP contribution in [0.15, 0.2) is 77.7 Å². The Balaban J connectivity index is 1.98. The van der Waals surface area contributed by atoms with Gasteiger partial charge in [-0.05, 0) is 74.4 Å². The first-order valence-electron chi connectivity index (χ1n) is 13.4. The summed E-state index contributed by atoms with van der Waals surface area (Å²) < 4.78 is 34.3. The molecule has 0 aliphatic carbocycles. The number of amides is 2. The molecular formula is C30H35Cl2N3O5S. The molecule has 8 nitrogen and oxygen atoms in total. The Morgan fingerprint density at radius 1 is 0.951 bits per heavy atom. The van der Waals surface area contributed by atoms with E-state index < -0.39 is 28.5 Å². The fraction of sp³-hybridized carbons (Fsp3) is 0.333. The number of carbonyl (C=O) groups is 2. The number of halogens is 2. The van der Waals surface area contributed by atoms with Crippen LogP contribution in [0.2, 0.25) is 10.0 Å². The van der Waals surface area contributed by atoms with Crippen molar-refractivity contribution in [3.8, 4) is 5.75 Å². The number of hydrogen-bond donors (Lipinski definition) is 1. The van der Waals surface area contributed by atoms with Crippen LogP contribution in [-0.2, 0) is 26.2 Å². The van der Waals surface area contributed by atoms with E-state index in [1.807, 2.05) is 13.8 Å². The highest BCUT2D eigenvalue weighted by Crippen LogP contribution is 2.27. The highest BCUT2D eigenvalue weighted by molar-refractivity contribution is 7.92. The van der Waals surface area contributed by atoms with Crippen LogP contribution >= 0.6 is 23.2 Å². The number of ether oxygens (including phenoxy) is 1. The van der Waals surface area contributed by atoms with E-state index in [2.05, 4.69) is 5.32 Å². The molecule has 0 radical (unpaired) electrons. The first-order valence-corrected chi connectivity index (χ1v) is 15.6. The molecule has 41 heavy (non-hydrogen) atoms. The Morgan fingerprint density at radius 2 is 1.63 bits per heavy atom. The van der Waals surface area contributed by atoms with Crippen molar-refractivity contribution in [3.05, 3.63) is 88.4 Å². The zero-order valence-corrected chi connectivity index (χ0v) is 25.7. The van der Waals surface area contributed by atoms with Crippen molar-refractivity contribution in [3.63, 3.8) is 0 Å². The summed E-state index contributed by atoms with van der Waals surface area (Å²) in [6.07, 6.45) is 1.69. The smallest absolute Gasteiger partial charge is 0.264 e. The fourth-order valence-electron chi connectivity index (χ4n) is 4.08. The number of hydrogen-bond acceptors (Lipinski definition) is 5. The van der Waals surface area contributed by atoms with Crippen molar-refractivity contribution in [2.45, 2.75) is 51.1 Å². The number of benzene rings is 3. The zero-order chi connectivity index (χ0) is 30.0. The lowest BCUT2D eigenvalue weighted by molar-refractivity contribution is -0.139. The van der Waals surface area contributed by atoms with Crippen LogP contribution in [0.4, 0.5) is 5.69 Å². The Morgan fingerprint density at radius 3 is 2.24 bits per heavy atom. The quantitative estimate of drug-likeness (QED) is 0.226. The minimum Gasteiger partial charge on any atom is -0.494 e. The van der Waals surface area contributed by atoms with Crippen LogP contribution in [0.3, 0.4) is 0 Å². The van der Waals surface area contributed by atoms with Crippen LogP contribution in [0.5, 0.6) is 5.75 Å². The molecule has 220 valence electrons. The summed E-state index contributed by atoms with van der Waals surface area (Å²) in [5.41, 5.74) is 0.950. The van der Waals surface area contributed by atoms with Crippen LogP contribution < -0.4 is 14.4 Å². The van der Waals surface area contributed by atoms with Crippen molar-refractivity contribution in [2.75, 3.05) is 24.0 Å². The molecule has 1 atom stereocenters. The average Bonchev–Trinajstić information content (AvgIpc) is 2.97. The van der Waals surface area contributed by atoms with Crippen LogP contribution in [0.25, 0.3) is 0 Å². The van der Waals surface area contributed by atoms with Gasteiger partial charge in [0.25, 0.3) is 10.0 Å². The molecule has 0 spiro atoms. The molecule has 0 aliphatic heterocycles. The largest absolute Gasteiger partial charge is 0.494 e. The molecule has 3 aromatic carbocycles. The molecule has 0 bridgehead atoms. The predicted molar refractivity (Wildman–Crippen MR) is 163 cm³/mol. The summed E-state index contributed by atoms with van der Waals surface area (Å²) in [5.74, 6) is -0.371. The van der Waals surface area contributed by atoms with E-state index in [0.717, 1.165) is 17.1 Å². The molecule has 3 aromatic rings. The van der Waals surface area contributed by atoms with Crippen molar-refractivity contribution >= 4 is 50.7 Å². The van der Waals surface area contributed by atoms with Gasteiger partial charge in [0.15, 0.2) is 0 Å². The number of nitrogens with zero attached hydrogens (tertiary/aromatic N) is 2. The van der Waals surface area contributed by atoms with Crippen LogP contribution in [-0.4, -0.2) is 50.9 Å². The third kappa shape index (κ3) is 8.61. The van der Waals surface area contributed by atoms with E-state index in [-0.39, 0.29) is 17.3 Å². The van der Waals surface area contributed by atoms with E-state index in [1.54, 1.807) is 67.6 Å². The van der Waals surface area contributed by atoms with Gasteiger partial charge in [0, 0.05) is 13.1 Å². The Bertz CT molecular complexity index is 1420. The minimum atomic E-state index is -4.17. The van der Waals surface area contributed by atoms with Gasteiger partial charge in [0.05, 0.1) is 27.2 Å². The molecule has 1 N–H and O–H groups in total. The van der Waals surface area contributed by atoms with Gasteiger partial charge < -0.3 is 15.0 Å². The first kappa shape index (κ1) is 32.2. The molecule has 3 rings (SSSR count). The maximum atomic E-state index is 13.9. The van der Waals surface area contributed by atoms with Gasteiger partial charge in [0.1, 0.15) is 18.3 Å². The van der Waals surface area contributed by atoms with E-state index in [0.29, 0.717) is 40.2 Å². The van der Waals surface area contributed by atoms with Crippen LogP contribution in [0.1, 0.15) is 39.2 Å². The fourth-order valence-corrected chi connectivity index (χ4v) is 5.81. The lowest BCUT2D eigenvalue weighted by Crippen LogP contribution is -2.51. The highest BCUT2D eigenvalue weighted by Gasteiger charge is 2.32. The Labute approximate surface area is 252 Å². The summed E-state index contributed by atoms with van der Waals surface area (Å²) in [6, 6.07) is 18.5. The maximum Gasteiger partial charge on any atom is 0.264 e. The normalized spacial score (nSPS) is 11.9. The number of para-hydroxylation sites is 1. The van der Waals surface area contributed by atoms with Crippen molar-refractivity contribution in [1.82, 2.24) is 10.2 Å². The topological polar surface area (TPSA) is 96.0 Å². The number of rotatable bonds is 14. The minimum absolute atomic E-state index is 0.000929.